The molecule has 1 aliphatic heterocycles. The largest absolute Gasteiger partial charge is 0.490 e. The first kappa shape index (κ1) is 21.4. The molecule has 1 aromatic carbocycles. The summed E-state index contributed by atoms with van der Waals surface area (Å²) in [5.74, 6) is -0.443. The van der Waals surface area contributed by atoms with Gasteiger partial charge in [0.1, 0.15) is 5.92 Å². The Morgan fingerprint density at radius 3 is 2.40 bits per heavy atom. The molecule has 0 bridgehead atoms. The van der Waals surface area contributed by atoms with Gasteiger partial charge in [-0.15, -0.1) is 0 Å². The lowest BCUT2D eigenvalue weighted by Gasteiger charge is -2.46. The lowest BCUT2D eigenvalue weighted by molar-refractivity contribution is -0.878. The van der Waals surface area contributed by atoms with Crippen molar-refractivity contribution in [3.8, 4) is 29.7 Å². The van der Waals surface area contributed by atoms with Crippen molar-refractivity contribution < 1.29 is 14.4 Å². The Morgan fingerprint density at radius 2 is 1.80 bits per heavy atom. The summed E-state index contributed by atoms with van der Waals surface area (Å²) < 4.78 is 11.4. The van der Waals surface area contributed by atoms with Crippen molar-refractivity contribution in [2.75, 3.05) is 33.4 Å². The van der Waals surface area contributed by atoms with E-state index in [0.717, 1.165) is 17.7 Å². The number of ether oxygens (including phenoxy) is 2. The average molecular weight is 404 g/mol. The number of hydrogen-bond donors (Lipinski definition) is 2. The van der Waals surface area contributed by atoms with Gasteiger partial charge in [0.15, 0.2) is 16.9 Å². The van der Waals surface area contributed by atoms with Gasteiger partial charge >= 0.3 is 0 Å². The maximum absolute atomic E-state index is 10.1. The van der Waals surface area contributed by atoms with Crippen LogP contribution in [0, 0.1) is 56.7 Å². The molecule has 3 rings (SSSR count). The van der Waals surface area contributed by atoms with Crippen LogP contribution in [-0.2, 0) is 0 Å². The van der Waals surface area contributed by atoms with Crippen LogP contribution in [-0.4, -0.2) is 39.1 Å². The number of hydrogen-bond acceptors (Lipinski definition) is 6. The summed E-state index contributed by atoms with van der Waals surface area (Å²) in [6.07, 6.45) is 2.01. The first-order chi connectivity index (χ1) is 14.5. The fourth-order valence-corrected chi connectivity index (χ4v) is 4.69. The van der Waals surface area contributed by atoms with Gasteiger partial charge in [0.25, 0.3) is 0 Å². The normalized spacial score (nSPS) is 26.9. The van der Waals surface area contributed by atoms with Crippen LogP contribution >= 0.6 is 0 Å². The highest BCUT2D eigenvalue weighted by Gasteiger charge is 2.58. The third-order valence-electron chi connectivity index (χ3n) is 6.01. The molecular formula is C23H26N5O2+. The van der Waals surface area contributed by atoms with Gasteiger partial charge in [0, 0.05) is 11.8 Å². The zero-order valence-corrected chi connectivity index (χ0v) is 17.5. The van der Waals surface area contributed by atoms with Gasteiger partial charge in [-0.2, -0.15) is 15.8 Å². The highest BCUT2D eigenvalue weighted by molar-refractivity contribution is 6.00. The van der Waals surface area contributed by atoms with Crippen molar-refractivity contribution in [1.29, 1.82) is 21.2 Å². The van der Waals surface area contributed by atoms with Crippen molar-refractivity contribution in [3.63, 3.8) is 0 Å². The predicted molar refractivity (Wildman–Crippen MR) is 110 cm³/mol. The molecule has 7 nitrogen and oxygen atoms in total. The smallest absolute Gasteiger partial charge is 0.189 e. The summed E-state index contributed by atoms with van der Waals surface area (Å²) in [7, 11) is 2.05. The number of nitrogens with one attached hydrogen (secondary N) is 2. The summed E-state index contributed by atoms with van der Waals surface area (Å²) in [4.78, 5) is 1.24. The second kappa shape index (κ2) is 8.57. The van der Waals surface area contributed by atoms with Gasteiger partial charge in [0.2, 0.25) is 0 Å². The van der Waals surface area contributed by atoms with Crippen LogP contribution in [0.2, 0.25) is 0 Å². The Kier molecular flexibility index (Phi) is 6.11. The fourth-order valence-electron chi connectivity index (χ4n) is 4.69. The standard InChI is InChI=1S/C23H25N5O2/c1-4-29-19-7-6-15(10-20(19)30-5-2)21-18-12-28(3)9-8-16(18)17(11-24)22(27)23(21,13-25)14-26/h6-8,10,17-18,21,27H,4-5,9,12H2,1-3H3/p+1/t17-,18+,21+/m0/s1. The zero-order valence-electron chi connectivity index (χ0n) is 17.5. The second-order valence-electron chi connectivity index (χ2n) is 7.73. The van der Waals surface area contributed by atoms with Crippen LogP contribution in [0.25, 0.3) is 0 Å². The minimum atomic E-state index is -1.71. The lowest BCUT2D eigenvalue weighted by Crippen LogP contribution is -3.10. The Morgan fingerprint density at radius 1 is 1.13 bits per heavy atom. The molecule has 0 aromatic heterocycles. The molecule has 4 atom stereocenters. The molecule has 1 saturated carbocycles. The van der Waals surface area contributed by atoms with E-state index in [4.69, 9.17) is 14.9 Å². The van der Waals surface area contributed by atoms with Crippen LogP contribution in [0.3, 0.4) is 0 Å². The van der Waals surface area contributed by atoms with Crippen molar-refractivity contribution in [2.45, 2.75) is 19.8 Å². The summed E-state index contributed by atoms with van der Waals surface area (Å²) >= 11 is 0. The van der Waals surface area contributed by atoms with Crippen molar-refractivity contribution in [3.05, 3.63) is 35.4 Å². The molecule has 30 heavy (non-hydrogen) atoms. The SMILES string of the molecule is CCOc1ccc([C@@H]2[C@@H]3C[NH+](C)CC=C3[C@H](C#N)C(=N)C2(C#N)C#N)cc1OCC. The van der Waals surface area contributed by atoms with E-state index in [0.29, 0.717) is 31.3 Å². The maximum Gasteiger partial charge on any atom is 0.189 e. The van der Waals surface area contributed by atoms with Gasteiger partial charge in [-0.3, -0.25) is 0 Å². The molecule has 0 spiro atoms. The second-order valence-corrected chi connectivity index (χ2v) is 7.73. The van der Waals surface area contributed by atoms with Crippen LogP contribution < -0.4 is 14.4 Å². The van der Waals surface area contributed by atoms with E-state index in [1.165, 1.54) is 4.90 Å². The predicted octanol–water partition coefficient (Wildman–Crippen LogP) is 1.85. The Balaban J connectivity index is 2.23. The van der Waals surface area contributed by atoms with E-state index in [2.05, 4.69) is 25.3 Å². The van der Waals surface area contributed by atoms with Crippen LogP contribution in [0.1, 0.15) is 25.3 Å². The minimum absolute atomic E-state index is 0.131. The Hall–Kier alpha value is -3.34. The average Bonchev–Trinajstić information content (AvgIpc) is 2.75. The van der Waals surface area contributed by atoms with Gasteiger partial charge in [0.05, 0.1) is 57.3 Å². The number of nitriles is 3. The summed E-state index contributed by atoms with van der Waals surface area (Å²) in [6, 6.07) is 11.9. The summed E-state index contributed by atoms with van der Waals surface area (Å²) in [5.41, 5.74) is -0.242. The number of nitrogens with zero attached hydrogens (tertiary/aromatic N) is 3. The molecule has 1 fully saturated rings. The number of rotatable bonds is 5. The Bertz CT molecular complexity index is 980. The molecule has 0 amide bonds. The minimum Gasteiger partial charge on any atom is -0.490 e. The number of likely N-dealkylation sites (N-methyl/N-ethyl adjacent to an activating group) is 1. The van der Waals surface area contributed by atoms with Crippen LogP contribution in [0.5, 0.6) is 11.5 Å². The molecular weight excluding hydrogens is 378 g/mol. The van der Waals surface area contributed by atoms with E-state index < -0.39 is 17.3 Å². The van der Waals surface area contributed by atoms with Crippen LogP contribution in [0.15, 0.2) is 29.8 Å². The van der Waals surface area contributed by atoms with E-state index in [1.54, 1.807) is 6.07 Å². The monoisotopic (exact) mass is 404 g/mol. The highest BCUT2D eigenvalue weighted by atomic mass is 16.5. The van der Waals surface area contributed by atoms with Crippen molar-refractivity contribution in [1.82, 2.24) is 0 Å². The summed E-state index contributed by atoms with van der Waals surface area (Å²) in [5, 5.41) is 38.7. The maximum atomic E-state index is 10.1. The molecule has 0 saturated heterocycles. The van der Waals surface area contributed by atoms with Gasteiger partial charge in [-0.05, 0) is 43.2 Å². The fraction of sp³-hybridized carbons (Fsp3) is 0.478. The zero-order chi connectivity index (χ0) is 21.9. The molecule has 2 N–H and O–H groups in total. The van der Waals surface area contributed by atoms with Gasteiger partial charge in [-0.1, -0.05) is 6.07 Å². The topological polar surface area (TPSA) is 118 Å². The summed E-state index contributed by atoms with van der Waals surface area (Å²) in [6.45, 7) is 6.15. The first-order valence-electron chi connectivity index (χ1n) is 10.2. The van der Waals surface area contributed by atoms with E-state index >= 15 is 0 Å². The third-order valence-corrected chi connectivity index (χ3v) is 6.01. The first-order valence-corrected chi connectivity index (χ1v) is 10.2. The number of quaternary nitrogens is 1. The van der Waals surface area contributed by atoms with Crippen molar-refractivity contribution >= 4 is 5.71 Å². The third kappa shape index (κ3) is 3.30. The lowest BCUT2D eigenvalue weighted by atomic mass is 9.54. The van der Waals surface area contributed by atoms with E-state index in [9.17, 15) is 15.8 Å². The van der Waals surface area contributed by atoms with Crippen molar-refractivity contribution in [2.24, 2.45) is 17.3 Å². The van der Waals surface area contributed by atoms with Crippen LogP contribution in [0.4, 0.5) is 0 Å². The number of benzene rings is 1. The highest BCUT2D eigenvalue weighted by Crippen LogP contribution is 2.53. The molecule has 1 unspecified atom stereocenters. The molecule has 1 aromatic rings. The van der Waals surface area contributed by atoms with Gasteiger partial charge < -0.3 is 19.8 Å². The molecule has 1 heterocycles. The molecule has 154 valence electrons. The van der Waals surface area contributed by atoms with Gasteiger partial charge in [-0.25, -0.2) is 0 Å². The quantitative estimate of drug-likeness (QED) is 0.726. The molecule has 7 heteroatoms. The molecule has 1 aliphatic carbocycles. The molecule has 2 aliphatic rings. The Labute approximate surface area is 177 Å². The molecule has 0 radical (unpaired) electrons. The van der Waals surface area contributed by atoms with E-state index in [1.807, 2.05) is 32.1 Å². The number of fused-ring (bicyclic) bond motifs is 1. The van der Waals surface area contributed by atoms with E-state index in [-0.39, 0.29) is 11.6 Å².